The maximum atomic E-state index is 5.98. The highest BCUT2D eigenvalue weighted by molar-refractivity contribution is 8.00. The van der Waals surface area contributed by atoms with E-state index in [1.807, 2.05) is 24.3 Å². The molecule has 2 aromatic rings. The van der Waals surface area contributed by atoms with Crippen molar-refractivity contribution in [3.8, 4) is 0 Å². The third-order valence-corrected chi connectivity index (χ3v) is 5.24. The quantitative estimate of drug-likeness (QED) is 0.454. The number of halogens is 2. The summed E-state index contributed by atoms with van der Waals surface area (Å²) in [4.78, 5) is 0. The van der Waals surface area contributed by atoms with Gasteiger partial charge in [0, 0.05) is 22.1 Å². The molecular formula is C17H17Cl2NS2. The number of hydrogen-bond donors (Lipinski definition) is 3. The number of nitrogens with one attached hydrogen (secondary N) is 1. The van der Waals surface area contributed by atoms with Crippen molar-refractivity contribution >= 4 is 48.5 Å². The lowest BCUT2D eigenvalue weighted by Gasteiger charge is -2.40. The fourth-order valence-corrected chi connectivity index (χ4v) is 3.90. The first kappa shape index (κ1) is 16.5. The molecule has 1 saturated heterocycles. The average Bonchev–Trinajstić information content (AvgIpc) is 2.47. The molecule has 0 radical (unpaired) electrons. The summed E-state index contributed by atoms with van der Waals surface area (Å²) in [5.74, 6) is 0. The Bertz CT molecular complexity index is 585. The standard InChI is InChI=1S/C17H17Cl2NS2/c18-13-5-1-11(2-6-13)15-9-17(21,22)10-16(20-15)12-3-7-14(19)8-4-12/h1-8,15-16,20-22H,9-10H2. The maximum absolute atomic E-state index is 5.98. The number of rotatable bonds is 2. The van der Waals surface area contributed by atoms with E-state index in [1.165, 1.54) is 11.1 Å². The van der Waals surface area contributed by atoms with Gasteiger partial charge in [-0.15, -0.1) is 0 Å². The Morgan fingerprint density at radius 2 is 1.14 bits per heavy atom. The second-order valence-corrected chi connectivity index (χ2v) is 8.70. The highest BCUT2D eigenvalue weighted by Crippen LogP contribution is 2.44. The number of piperidine rings is 1. The van der Waals surface area contributed by atoms with E-state index in [0.29, 0.717) is 0 Å². The third kappa shape index (κ3) is 3.95. The molecule has 2 atom stereocenters. The van der Waals surface area contributed by atoms with Crippen LogP contribution in [0.3, 0.4) is 0 Å². The van der Waals surface area contributed by atoms with Crippen molar-refractivity contribution in [2.45, 2.75) is 29.0 Å². The molecule has 5 heteroatoms. The van der Waals surface area contributed by atoms with Gasteiger partial charge in [-0.3, -0.25) is 0 Å². The molecule has 2 aromatic carbocycles. The zero-order valence-corrected chi connectivity index (χ0v) is 15.1. The van der Waals surface area contributed by atoms with E-state index in [4.69, 9.17) is 48.5 Å². The largest absolute Gasteiger partial charge is 0.303 e. The Morgan fingerprint density at radius 1 is 0.773 bits per heavy atom. The van der Waals surface area contributed by atoms with Crippen LogP contribution in [0.15, 0.2) is 48.5 Å². The molecule has 116 valence electrons. The molecule has 1 fully saturated rings. The summed E-state index contributed by atoms with van der Waals surface area (Å²) < 4.78 is -0.320. The van der Waals surface area contributed by atoms with Gasteiger partial charge < -0.3 is 5.32 Å². The van der Waals surface area contributed by atoms with E-state index in [2.05, 4.69) is 29.6 Å². The summed E-state index contributed by atoms with van der Waals surface area (Å²) in [5.41, 5.74) is 2.41. The Morgan fingerprint density at radius 3 is 1.50 bits per heavy atom. The van der Waals surface area contributed by atoms with Gasteiger partial charge in [-0.1, -0.05) is 47.5 Å². The molecule has 0 amide bonds. The van der Waals surface area contributed by atoms with Gasteiger partial charge in [0.25, 0.3) is 0 Å². The predicted molar refractivity (Wildman–Crippen MR) is 101 cm³/mol. The molecule has 0 bridgehead atoms. The topological polar surface area (TPSA) is 12.0 Å². The summed E-state index contributed by atoms with van der Waals surface area (Å²) in [6.07, 6.45) is 1.70. The highest BCUT2D eigenvalue weighted by Gasteiger charge is 2.36. The zero-order valence-electron chi connectivity index (χ0n) is 11.8. The zero-order chi connectivity index (χ0) is 15.7. The van der Waals surface area contributed by atoms with E-state index in [1.54, 1.807) is 0 Å². The van der Waals surface area contributed by atoms with Gasteiger partial charge in [0.05, 0.1) is 4.08 Å². The lowest BCUT2D eigenvalue weighted by Crippen LogP contribution is -2.39. The minimum atomic E-state index is -0.320. The molecule has 2 unspecified atom stereocenters. The molecule has 1 heterocycles. The van der Waals surface area contributed by atoms with Crippen molar-refractivity contribution in [2.75, 3.05) is 0 Å². The molecule has 1 nitrogen and oxygen atoms in total. The van der Waals surface area contributed by atoms with Crippen molar-refractivity contribution in [3.63, 3.8) is 0 Å². The normalized spacial score (nSPS) is 24.2. The number of hydrogen-bond acceptors (Lipinski definition) is 3. The van der Waals surface area contributed by atoms with Crippen molar-refractivity contribution in [1.82, 2.24) is 5.32 Å². The summed E-state index contributed by atoms with van der Waals surface area (Å²) in [5, 5.41) is 5.19. The first-order chi connectivity index (χ1) is 10.4. The van der Waals surface area contributed by atoms with Crippen LogP contribution in [-0.4, -0.2) is 4.08 Å². The molecule has 0 aromatic heterocycles. The molecule has 22 heavy (non-hydrogen) atoms. The van der Waals surface area contributed by atoms with Crippen molar-refractivity contribution in [1.29, 1.82) is 0 Å². The summed E-state index contributed by atoms with van der Waals surface area (Å²) in [6.45, 7) is 0. The van der Waals surface area contributed by atoms with Crippen LogP contribution >= 0.6 is 48.5 Å². The molecule has 0 aliphatic carbocycles. The highest BCUT2D eigenvalue weighted by atomic mass is 35.5. The Labute approximate surface area is 152 Å². The second kappa shape index (κ2) is 6.66. The molecular weight excluding hydrogens is 353 g/mol. The van der Waals surface area contributed by atoms with Crippen LogP contribution in [0.4, 0.5) is 0 Å². The Hall–Kier alpha value is -0.320. The number of benzene rings is 2. The summed E-state index contributed by atoms with van der Waals surface area (Å²) >= 11 is 21.5. The van der Waals surface area contributed by atoms with Gasteiger partial charge in [-0.25, -0.2) is 0 Å². The molecule has 1 aliphatic rings. The van der Waals surface area contributed by atoms with E-state index < -0.39 is 0 Å². The SMILES string of the molecule is SC1(S)CC(c2ccc(Cl)cc2)NC(c2ccc(Cl)cc2)C1. The maximum Gasteiger partial charge on any atom is 0.0588 e. The van der Waals surface area contributed by atoms with Crippen LogP contribution in [0.5, 0.6) is 0 Å². The van der Waals surface area contributed by atoms with Gasteiger partial charge in [-0.05, 0) is 48.2 Å². The van der Waals surface area contributed by atoms with E-state index in [9.17, 15) is 0 Å². The third-order valence-electron chi connectivity index (χ3n) is 4.01. The van der Waals surface area contributed by atoms with Crippen LogP contribution < -0.4 is 5.32 Å². The monoisotopic (exact) mass is 369 g/mol. The Kier molecular flexibility index (Phi) is 5.01. The van der Waals surface area contributed by atoms with Gasteiger partial charge >= 0.3 is 0 Å². The van der Waals surface area contributed by atoms with E-state index in [-0.39, 0.29) is 16.2 Å². The average molecular weight is 370 g/mol. The van der Waals surface area contributed by atoms with E-state index in [0.717, 1.165) is 22.9 Å². The van der Waals surface area contributed by atoms with Gasteiger partial charge in [0.2, 0.25) is 0 Å². The molecule has 0 spiro atoms. The summed E-state index contributed by atoms with van der Waals surface area (Å²) in [7, 11) is 0. The molecule has 0 saturated carbocycles. The van der Waals surface area contributed by atoms with Gasteiger partial charge in [0.15, 0.2) is 0 Å². The van der Waals surface area contributed by atoms with Crippen molar-refractivity contribution in [2.24, 2.45) is 0 Å². The van der Waals surface area contributed by atoms with Crippen LogP contribution in [-0.2, 0) is 0 Å². The van der Waals surface area contributed by atoms with Crippen LogP contribution in [0.1, 0.15) is 36.1 Å². The van der Waals surface area contributed by atoms with Crippen LogP contribution in [0.25, 0.3) is 0 Å². The smallest absolute Gasteiger partial charge is 0.0588 e. The lowest BCUT2D eigenvalue weighted by molar-refractivity contribution is 0.325. The van der Waals surface area contributed by atoms with Crippen molar-refractivity contribution in [3.05, 3.63) is 69.7 Å². The molecule has 1 aliphatic heterocycles. The minimum Gasteiger partial charge on any atom is -0.303 e. The molecule has 3 rings (SSSR count). The predicted octanol–water partition coefficient (Wildman–Crippen LogP) is 5.72. The van der Waals surface area contributed by atoms with E-state index >= 15 is 0 Å². The fourth-order valence-electron chi connectivity index (χ4n) is 2.92. The first-order valence-corrected chi connectivity index (χ1v) is 8.80. The van der Waals surface area contributed by atoms with Gasteiger partial charge in [-0.2, -0.15) is 25.3 Å². The second-order valence-electron chi connectivity index (χ2n) is 5.77. The molecule has 1 N–H and O–H groups in total. The lowest BCUT2D eigenvalue weighted by atomic mass is 9.89. The Balaban J connectivity index is 1.86. The minimum absolute atomic E-state index is 0.196. The van der Waals surface area contributed by atoms with Gasteiger partial charge in [0.1, 0.15) is 0 Å². The fraction of sp³-hybridized carbons (Fsp3) is 0.294. The van der Waals surface area contributed by atoms with Crippen LogP contribution in [0.2, 0.25) is 10.0 Å². The first-order valence-electron chi connectivity index (χ1n) is 7.15. The van der Waals surface area contributed by atoms with Crippen molar-refractivity contribution < 1.29 is 0 Å². The van der Waals surface area contributed by atoms with Crippen LogP contribution in [0, 0.1) is 0 Å². The summed E-state index contributed by atoms with van der Waals surface area (Å²) in [6, 6.07) is 16.3. The number of thiol groups is 2.